The standard InChI is InChI=1S/C10H21NO4.Li.H/c1-3-12-5-7-14-9-10-15-8-6-13-4-2-11-1;;/h11H,1-10H2;;. The maximum absolute atomic E-state index is 5.34. The molecule has 1 rings (SSSR count). The molecule has 0 amide bonds. The van der Waals surface area contributed by atoms with Gasteiger partial charge in [0.15, 0.2) is 0 Å². The van der Waals surface area contributed by atoms with Gasteiger partial charge in [-0.2, -0.15) is 0 Å². The monoisotopic (exact) mass is 227 g/mol. The number of hydrogen-bond acceptors (Lipinski definition) is 5. The first-order chi connectivity index (χ1) is 7.50. The minimum absolute atomic E-state index is 0. The van der Waals surface area contributed by atoms with Crippen LogP contribution in [0.2, 0.25) is 0 Å². The third-order valence-electron chi connectivity index (χ3n) is 1.96. The van der Waals surface area contributed by atoms with Crippen molar-refractivity contribution in [1.29, 1.82) is 0 Å². The molecule has 1 fully saturated rings. The summed E-state index contributed by atoms with van der Waals surface area (Å²) in [5.74, 6) is 0. The zero-order chi connectivity index (χ0) is 10.6. The van der Waals surface area contributed by atoms with Crippen LogP contribution in [0.4, 0.5) is 0 Å². The molecule has 0 bridgehead atoms. The predicted molar refractivity (Wildman–Crippen MR) is 63.3 cm³/mol. The summed E-state index contributed by atoms with van der Waals surface area (Å²) < 4.78 is 21.3. The Morgan fingerprint density at radius 1 is 0.500 bits per heavy atom. The van der Waals surface area contributed by atoms with Crippen LogP contribution in [0.25, 0.3) is 0 Å². The van der Waals surface area contributed by atoms with Gasteiger partial charge in [-0.3, -0.25) is 0 Å². The van der Waals surface area contributed by atoms with E-state index in [4.69, 9.17) is 18.9 Å². The normalized spacial score (nSPS) is 22.5. The average Bonchev–Trinajstić information content (AvgIpc) is 2.27. The molecule has 1 aliphatic heterocycles. The van der Waals surface area contributed by atoms with Gasteiger partial charge < -0.3 is 24.3 Å². The Balaban J connectivity index is 0.00000225. The van der Waals surface area contributed by atoms with E-state index in [2.05, 4.69) is 5.32 Å². The van der Waals surface area contributed by atoms with Crippen LogP contribution in [0, 0.1) is 0 Å². The van der Waals surface area contributed by atoms with Crippen LogP contribution in [0.5, 0.6) is 0 Å². The SMILES string of the molecule is C1COCCOCCOCCOCCN1.[LiH]. The summed E-state index contributed by atoms with van der Waals surface area (Å²) in [6.45, 7) is 7.00. The molecule has 0 spiro atoms. The topological polar surface area (TPSA) is 49.0 Å². The maximum atomic E-state index is 5.34. The predicted octanol–water partition coefficient (Wildman–Crippen LogP) is -0.992. The van der Waals surface area contributed by atoms with Crippen molar-refractivity contribution in [2.75, 3.05) is 65.9 Å². The van der Waals surface area contributed by atoms with Crippen LogP contribution in [0.15, 0.2) is 0 Å². The third kappa shape index (κ3) is 10.9. The molecule has 92 valence electrons. The Morgan fingerprint density at radius 2 is 0.812 bits per heavy atom. The Bertz CT molecular complexity index is 81.4. The van der Waals surface area contributed by atoms with E-state index in [-0.39, 0.29) is 18.9 Å². The van der Waals surface area contributed by atoms with Gasteiger partial charge in [0.25, 0.3) is 0 Å². The van der Waals surface area contributed by atoms with E-state index >= 15 is 0 Å². The van der Waals surface area contributed by atoms with Crippen molar-refractivity contribution < 1.29 is 18.9 Å². The van der Waals surface area contributed by atoms with Crippen molar-refractivity contribution in [2.45, 2.75) is 0 Å². The van der Waals surface area contributed by atoms with Crippen molar-refractivity contribution >= 4 is 18.9 Å². The van der Waals surface area contributed by atoms with E-state index in [0.717, 1.165) is 26.3 Å². The first-order valence-electron chi connectivity index (χ1n) is 5.52. The molecular formula is C10H22LiNO4. The zero-order valence-corrected chi connectivity index (χ0v) is 9.20. The number of hydrogen-bond donors (Lipinski definition) is 1. The molecule has 5 nitrogen and oxygen atoms in total. The summed E-state index contributed by atoms with van der Waals surface area (Å²) in [4.78, 5) is 0. The van der Waals surface area contributed by atoms with Gasteiger partial charge in [-0.15, -0.1) is 0 Å². The molecular weight excluding hydrogens is 205 g/mol. The van der Waals surface area contributed by atoms with E-state index in [1.807, 2.05) is 0 Å². The Hall–Kier alpha value is 0.397. The summed E-state index contributed by atoms with van der Waals surface area (Å²) >= 11 is 0. The molecule has 1 aliphatic rings. The molecule has 6 heteroatoms. The minimum atomic E-state index is 0. The molecule has 0 aromatic rings. The average molecular weight is 227 g/mol. The van der Waals surface area contributed by atoms with Crippen molar-refractivity contribution in [3.63, 3.8) is 0 Å². The summed E-state index contributed by atoms with van der Waals surface area (Å²) in [7, 11) is 0. The van der Waals surface area contributed by atoms with E-state index in [0.29, 0.717) is 39.6 Å². The summed E-state index contributed by atoms with van der Waals surface area (Å²) in [6.07, 6.45) is 0. The van der Waals surface area contributed by atoms with Crippen molar-refractivity contribution in [3.8, 4) is 0 Å². The zero-order valence-electron chi connectivity index (χ0n) is 9.20. The van der Waals surface area contributed by atoms with E-state index in [1.54, 1.807) is 0 Å². The summed E-state index contributed by atoms with van der Waals surface area (Å²) in [5, 5.41) is 3.22. The molecule has 0 unspecified atom stereocenters. The molecule has 0 aromatic carbocycles. The molecule has 0 aromatic heterocycles. The van der Waals surface area contributed by atoms with Gasteiger partial charge in [0, 0.05) is 13.1 Å². The number of nitrogens with one attached hydrogen (secondary N) is 1. The van der Waals surface area contributed by atoms with Gasteiger partial charge in [0.05, 0.1) is 52.9 Å². The number of rotatable bonds is 0. The third-order valence-corrected chi connectivity index (χ3v) is 1.96. The quantitative estimate of drug-likeness (QED) is 0.538. The number of ether oxygens (including phenoxy) is 4. The fourth-order valence-corrected chi connectivity index (χ4v) is 1.18. The van der Waals surface area contributed by atoms with Gasteiger partial charge in [-0.05, 0) is 0 Å². The van der Waals surface area contributed by atoms with E-state index in [1.165, 1.54) is 0 Å². The molecule has 0 atom stereocenters. The summed E-state index contributed by atoms with van der Waals surface area (Å²) in [6, 6.07) is 0. The fourth-order valence-electron chi connectivity index (χ4n) is 1.18. The molecule has 1 N–H and O–H groups in total. The van der Waals surface area contributed by atoms with Crippen LogP contribution in [0.1, 0.15) is 0 Å². The van der Waals surface area contributed by atoms with Crippen LogP contribution in [0.3, 0.4) is 0 Å². The van der Waals surface area contributed by atoms with Gasteiger partial charge in [0.2, 0.25) is 0 Å². The van der Waals surface area contributed by atoms with E-state index in [9.17, 15) is 0 Å². The first kappa shape index (κ1) is 16.4. The van der Waals surface area contributed by atoms with Crippen LogP contribution < -0.4 is 5.32 Å². The van der Waals surface area contributed by atoms with Crippen LogP contribution in [-0.4, -0.2) is 84.8 Å². The molecule has 0 saturated carbocycles. The molecule has 16 heavy (non-hydrogen) atoms. The second-order valence-corrected chi connectivity index (χ2v) is 3.20. The molecule has 1 saturated heterocycles. The second kappa shape index (κ2) is 13.5. The fraction of sp³-hybridized carbons (Fsp3) is 1.00. The van der Waals surface area contributed by atoms with Crippen LogP contribution >= 0.6 is 0 Å². The van der Waals surface area contributed by atoms with Crippen LogP contribution in [-0.2, 0) is 18.9 Å². The molecule has 0 radical (unpaired) electrons. The molecule has 1 heterocycles. The Kier molecular flexibility index (Phi) is 13.8. The summed E-state index contributed by atoms with van der Waals surface area (Å²) in [5.41, 5.74) is 0. The van der Waals surface area contributed by atoms with Gasteiger partial charge in [-0.25, -0.2) is 0 Å². The van der Waals surface area contributed by atoms with Gasteiger partial charge in [0.1, 0.15) is 0 Å². The molecule has 0 aliphatic carbocycles. The first-order valence-corrected chi connectivity index (χ1v) is 5.52. The van der Waals surface area contributed by atoms with Crippen molar-refractivity contribution in [3.05, 3.63) is 0 Å². The Morgan fingerprint density at radius 3 is 1.19 bits per heavy atom. The van der Waals surface area contributed by atoms with Gasteiger partial charge in [-0.1, -0.05) is 0 Å². The van der Waals surface area contributed by atoms with E-state index < -0.39 is 0 Å². The Labute approximate surface area is 109 Å². The van der Waals surface area contributed by atoms with Gasteiger partial charge >= 0.3 is 18.9 Å². The second-order valence-electron chi connectivity index (χ2n) is 3.20. The van der Waals surface area contributed by atoms with Crippen molar-refractivity contribution in [2.24, 2.45) is 0 Å². The van der Waals surface area contributed by atoms with Crippen molar-refractivity contribution in [1.82, 2.24) is 5.32 Å².